The van der Waals surface area contributed by atoms with E-state index in [0.29, 0.717) is 17.0 Å². The topological polar surface area (TPSA) is 47.3 Å². The number of rotatable bonds is 3. The van der Waals surface area contributed by atoms with Crippen LogP contribution < -0.4 is 4.74 Å². The minimum absolute atomic E-state index is 0.385. The van der Waals surface area contributed by atoms with Crippen molar-refractivity contribution in [2.75, 3.05) is 7.11 Å². The highest BCUT2D eigenvalue weighted by molar-refractivity contribution is 5.39. The van der Waals surface area contributed by atoms with E-state index < -0.39 is 11.9 Å². The molecule has 1 heterocycles. The third-order valence-electron chi connectivity index (χ3n) is 2.63. The first kappa shape index (κ1) is 11.6. The van der Waals surface area contributed by atoms with Gasteiger partial charge in [-0.05, 0) is 24.3 Å². The average Bonchev–Trinajstić information content (AvgIpc) is 2.74. The third-order valence-corrected chi connectivity index (χ3v) is 2.63. The molecule has 1 aromatic carbocycles. The summed E-state index contributed by atoms with van der Waals surface area (Å²) in [5.74, 6) is 0.0297. The zero-order chi connectivity index (χ0) is 12.4. The Morgan fingerprint density at radius 2 is 2.18 bits per heavy atom. The highest BCUT2D eigenvalue weighted by atomic mass is 19.1. The van der Waals surface area contributed by atoms with E-state index >= 15 is 0 Å². The zero-order valence-corrected chi connectivity index (χ0v) is 9.59. The highest BCUT2D eigenvalue weighted by Gasteiger charge is 2.18. The second kappa shape index (κ2) is 4.55. The number of methoxy groups -OCH3 is 1. The van der Waals surface area contributed by atoms with Gasteiger partial charge in [0.25, 0.3) is 0 Å². The van der Waals surface area contributed by atoms with Crippen LogP contribution in [-0.4, -0.2) is 22.0 Å². The van der Waals surface area contributed by atoms with Crippen LogP contribution in [0, 0.1) is 5.82 Å². The number of aliphatic hydroxyl groups excluding tert-OH is 1. The van der Waals surface area contributed by atoms with Gasteiger partial charge < -0.3 is 9.84 Å². The van der Waals surface area contributed by atoms with Gasteiger partial charge in [-0.2, -0.15) is 5.10 Å². The van der Waals surface area contributed by atoms with Crippen molar-refractivity contribution < 1.29 is 14.2 Å². The Balaban J connectivity index is 2.46. The lowest BCUT2D eigenvalue weighted by molar-refractivity contribution is 0.204. The molecule has 0 aliphatic heterocycles. The molecular formula is C12H13FN2O2. The van der Waals surface area contributed by atoms with E-state index in [2.05, 4.69) is 5.10 Å². The predicted octanol–water partition coefficient (Wildman–Crippen LogP) is 1.65. The minimum Gasteiger partial charge on any atom is -0.496 e. The summed E-state index contributed by atoms with van der Waals surface area (Å²) in [6.45, 7) is 0. The molecular weight excluding hydrogens is 223 g/mol. The third kappa shape index (κ3) is 2.14. The smallest absolute Gasteiger partial charge is 0.125 e. The predicted molar refractivity (Wildman–Crippen MR) is 60.2 cm³/mol. The molecule has 4 nitrogen and oxygen atoms in total. The number of hydrogen-bond donors (Lipinski definition) is 1. The summed E-state index contributed by atoms with van der Waals surface area (Å²) in [6.07, 6.45) is 0.609. The maximum Gasteiger partial charge on any atom is 0.125 e. The number of benzene rings is 1. The lowest BCUT2D eigenvalue weighted by atomic mass is 10.1. The van der Waals surface area contributed by atoms with Crippen LogP contribution in [0.4, 0.5) is 4.39 Å². The molecule has 0 spiro atoms. The fraction of sp³-hybridized carbons (Fsp3) is 0.250. The zero-order valence-electron chi connectivity index (χ0n) is 9.59. The summed E-state index contributed by atoms with van der Waals surface area (Å²) in [5, 5.41) is 14.2. The van der Waals surface area contributed by atoms with Crippen LogP contribution in [0.1, 0.15) is 17.4 Å². The van der Waals surface area contributed by atoms with E-state index in [0.717, 1.165) is 0 Å². The summed E-state index contributed by atoms with van der Waals surface area (Å²) in [7, 11) is 3.19. The van der Waals surface area contributed by atoms with E-state index in [4.69, 9.17) is 4.74 Å². The number of halogens is 1. The van der Waals surface area contributed by atoms with Gasteiger partial charge in [0.15, 0.2) is 0 Å². The summed E-state index contributed by atoms with van der Waals surface area (Å²) in [5.41, 5.74) is 0.963. The molecule has 1 unspecified atom stereocenters. The van der Waals surface area contributed by atoms with Crippen molar-refractivity contribution in [1.29, 1.82) is 0 Å². The molecule has 2 rings (SSSR count). The molecule has 0 amide bonds. The average molecular weight is 236 g/mol. The number of hydrogen-bond acceptors (Lipinski definition) is 3. The number of aryl methyl sites for hydroxylation is 1. The van der Waals surface area contributed by atoms with Crippen LogP contribution in [0.5, 0.6) is 5.75 Å². The van der Waals surface area contributed by atoms with Gasteiger partial charge in [0.05, 0.1) is 12.8 Å². The Morgan fingerprint density at radius 1 is 1.41 bits per heavy atom. The summed E-state index contributed by atoms with van der Waals surface area (Å²) in [6, 6.07) is 5.72. The van der Waals surface area contributed by atoms with Crippen LogP contribution >= 0.6 is 0 Å². The van der Waals surface area contributed by atoms with Gasteiger partial charge in [0.1, 0.15) is 17.7 Å². The standard InChI is InChI=1S/C12H13FN2O2/c1-15-10(5-6-14-15)12(16)9-7-8(13)3-4-11(9)17-2/h3-7,12,16H,1-2H3. The molecule has 2 aromatic rings. The summed E-state index contributed by atoms with van der Waals surface area (Å²) >= 11 is 0. The van der Waals surface area contributed by atoms with Crippen molar-refractivity contribution in [3.8, 4) is 5.75 Å². The monoisotopic (exact) mass is 236 g/mol. The SMILES string of the molecule is COc1ccc(F)cc1C(O)c1ccnn1C. The molecule has 0 fully saturated rings. The second-order valence-corrected chi connectivity index (χ2v) is 3.67. The molecule has 0 aliphatic carbocycles. The van der Waals surface area contributed by atoms with Crippen LogP contribution in [0.15, 0.2) is 30.5 Å². The molecule has 90 valence electrons. The molecule has 1 N–H and O–H groups in total. The van der Waals surface area contributed by atoms with Crippen molar-refractivity contribution in [1.82, 2.24) is 9.78 Å². The van der Waals surface area contributed by atoms with Gasteiger partial charge in [-0.1, -0.05) is 0 Å². The maximum absolute atomic E-state index is 13.2. The molecule has 5 heteroatoms. The molecule has 17 heavy (non-hydrogen) atoms. The molecule has 0 saturated carbocycles. The summed E-state index contributed by atoms with van der Waals surface area (Å²) < 4.78 is 19.8. The number of nitrogens with zero attached hydrogens (tertiary/aromatic N) is 2. The lowest BCUT2D eigenvalue weighted by Crippen LogP contribution is -2.08. The Kier molecular flexibility index (Phi) is 3.10. The van der Waals surface area contributed by atoms with E-state index in [1.807, 2.05) is 0 Å². The normalized spacial score (nSPS) is 12.5. The first-order chi connectivity index (χ1) is 8.13. The Bertz CT molecular complexity index is 525. The molecule has 0 aliphatic rings. The van der Waals surface area contributed by atoms with Crippen molar-refractivity contribution in [2.45, 2.75) is 6.10 Å². The van der Waals surface area contributed by atoms with Gasteiger partial charge in [-0.25, -0.2) is 4.39 Å². The van der Waals surface area contributed by atoms with Crippen LogP contribution in [-0.2, 0) is 7.05 Å². The van der Waals surface area contributed by atoms with Crippen molar-refractivity contribution in [3.63, 3.8) is 0 Å². The molecule has 1 atom stereocenters. The Hall–Kier alpha value is -1.88. The fourth-order valence-electron chi connectivity index (χ4n) is 1.73. The minimum atomic E-state index is -0.965. The van der Waals surface area contributed by atoms with Gasteiger partial charge in [-0.15, -0.1) is 0 Å². The van der Waals surface area contributed by atoms with E-state index in [1.54, 1.807) is 19.3 Å². The quantitative estimate of drug-likeness (QED) is 0.881. The fourth-order valence-corrected chi connectivity index (χ4v) is 1.73. The van der Waals surface area contributed by atoms with Gasteiger partial charge in [0, 0.05) is 18.8 Å². The maximum atomic E-state index is 13.2. The van der Waals surface area contributed by atoms with Crippen molar-refractivity contribution in [2.24, 2.45) is 7.05 Å². The van der Waals surface area contributed by atoms with E-state index in [1.165, 1.54) is 30.0 Å². The lowest BCUT2D eigenvalue weighted by Gasteiger charge is -2.15. The Morgan fingerprint density at radius 3 is 2.76 bits per heavy atom. The molecule has 0 radical (unpaired) electrons. The van der Waals surface area contributed by atoms with Crippen LogP contribution in [0.3, 0.4) is 0 Å². The first-order valence-electron chi connectivity index (χ1n) is 5.13. The van der Waals surface area contributed by atoms with Gasteiger partial charge in [0.2, 0.25) is 0 Å². The van der Waals surface area contributed by atoms with Crippen molar-refractivity contribution in [3.05, 3.63) is 47.5 Å². The van der Waals surface area contributed by atoms with E-state index in [-0.39, 0.29) is 0 Å². The summed E-state index contributed by atoms with van der Waals surface area (Å²) in [4.78, 5) is 0. The number of aliphatic hydroxyl groups is 1. The van der Waals surface area contributed by atoms with Gasteiger partial charge >= 0.3 is 0 Å². The molecule has 0 saturated heterocycles. The highest BCUT2D eigenvalue weighted by Crippen LogP contribution is 2.30. The largest absolute Gasteiger partial charge is 0.496 e. The number of ether oxygens (including phenoxy) is 1. The van der Waals surface area contributed by atoms with Crippen LogP contribution in [0.2, 0.25) is 0 Å². The Labute approximate surface area is 98.3 Å². The number of aromatic nitrogens is 2. The molecule has 0 bridgehead atoms. The van der Waals surface area contributed by atoms with Gasteiger partial charge in [-0.3, -0.25) is 4.68 Å². The molecule has 1 aromatic heterocycles. The van der Waals surface area contributed by atoms with E-state index in [9.17, 15) is 9.50 Å². The van der Waals surface area contributed by atoms with Crippen LogP contribution in [0.25, 0.3) is 0 Å². The van der Waals surface area contributed by atoms with Crippen molar-refractivity contribution >= 4 is 0 Å². The second-order valence-electron chi connectivity index (χ2n) is 3.67. The first-order valence-corrected chi connectivity index (χ1v) is 5.13.